The molecule has 1 fully saturated rings. The van der Waals surface area contributed by atoms with Crippen LogP contribution in [0.3, 0.4) is 0 Å². The van der Waals surface area contributed by atoms with Crippen LogP contribution < -0.4 is 16.0 Å². The van der Waals surface area contributed by atoms with Gasteiger partial charge in [0.15, 0.2) is 0 Å². The number of nitrogens with zero attached hydrogens (tertiary/aromatic N) is 1. The van der Waals surface area contributed by atoms with Gasteiger partial charge >= 0.3 is 6.03 Å². The Bertz CT molecular complexity index is 542. The van der Waals surface area contributed by atoms with E-state index < -0.39 is 4.92 Å². The first-order chi connectivity index (χ1) is 10.4. The Morgan fingerprint density at radius 2 is 2.09 bits per heavy atom. The van der Waals surface area contributed by atoms with Crippen molar-refractivity contribution < 1.29 is 9.72 Å². The average molecular weight is 306 g/mol. The monoisotopic (exact) mass is 306 g/mol. The van der Waals surface area contributed by atoms with Crippen LogP contribution in [0.1, 0.15) is 26.7 Å². The maximum atomic E-state index is 11.9. The molecule has 1 atom stereocenters. The second-order valence-corrected chi connectivity index (χ2v) is 6.24. The van der Waals surface area contributed by atoms with Gasteiger partial charge in [0, 0.05) is 30.4 Å². The maximum Gasteiger partial charge on any atom is 0.319 e. The number of amides is 2. The van der Waals surface area contributed by atoms with Crippen LogP contribution in [0.25, 0.3) is 0 Å². The van der Waals surface area contributed by atoms with Crippen LogP contribution >= 0.6 is 0 Å². The summed E-state index contributed by atoms with van der Waals surface area (Å²) in [7, 11) is 0. The molecule has 0 radical (unpaired) electrons. The van der Waals surface area contributed by atoms with Crippen LogP contribution in [0.2, 0.25) is 0 Å². The second-order valence-electron chi connectivity index (χ2n) is 6.24. The molecule has 1 unspecified atom stereocenters. The molecule has 1 aliphatic rings. The van der Waals surface area contributed by atoms with Crippen molar-refractivity contribution in [3.05, 3.63) is 34.4 Å². The Morgan fingerprint density at radius 3 is 2.68 bits per heavy atom. The third-order valence-electron chi connectivity index (χ3n) is 4.13. The smallest absolute Gasteiger partial charge is 0.319 e. The molecule has 3 N–H and O–H groups in total. The Balaban J connectivity index is 1.83. The van der Waals surface area contributed by atoms with Crippen molar-refractivity contribution in [3.8, 4) is 0 Å². The number of carbonyl (C=O) groups excluding carboxylic acids is 1. The van der Waals surface area contributed by atoms with Gasteiger partial charge in [0.1, 0.15) is 0 Å². The number of carbonyl (C=O) groups is 1. The van der Waals surface area contributed by atoms with E-state index in [9.17, 15) is 14.9 Å². The number of nitro benzene ring substituents is 1. The van der Waals surface area contributed by atoms with Crippen LogP contribution in [-0.4, -0.2) is 30.1 Å². The van der Waals surface area contributed by atoms with Crippen LogP contribution in [-0.2, 0) is 0 Å². The first kappa shape index (κ1) is 16.2. The largest absolute Gasteiger partial charge is 0.336 e. The standard InChI is InChI=1S/C15H22N4O3/c1-15(2)8-3-9-16-13(15)10-17-14(20)18-11-4-6-12(7-5-11)19(21)22/h4-7,13,16H,3,8-10H2,1-2H3,(H2,17,18,20). The van der Waals surface area contributed by atoms with Gasteiger partial charge in [-0.1, -0.05) is 13.8 Å². The molecule has 1 aliphatic heterocycles. The van der Waals surface area contributed by atoms with E-state index >= 15 is 0 Å². The van der Waals surface area contributed by atoms with Gasteiger partial charge in [0.05, 0.1) is 4.92 Å². The van der Waals surface area contributed by atoms with E-state index in [4.69, 9.17) is 0 Å². The van der Waals surface area contributed by atoms with Crippen molar-refractivity contribution >= 4 is 17.4 Å². The van der Waals surface area contributed by atoms with E-state index in [1.807, 2.05) is 0 Å². The lowest BCUT2D eigenvalue weighted by molar-refractivity contribution is -0.384. The minimum Gasteiger partial charge on any atom is -0.336 e. The van der Waals surface area contributed by atoms with Crippen LogP contribution in [0.15, 0.2) is 24.3 Å². The topological polar surface area (TPSA) is 96.3 Å². The fourth-order valence-corrected chi connectivity index (χ4v) is 2.66. The molecule has 0 saturated carbocycles. The van der Waals surface area contributed by atoms with Gasteiger partial charge in [-0.25, -0.2) is 4.79 Å². The number of benzene rings is 1. The third-order valence-corrected chi connectivity index (χ3v) is 4.13. The zero-order chi connectivity index (χ0) is 16.2. The van der Waals surface area contributed by atoms with E-state index in [1.54, 1.807) is 0 Å². The number of hydrogen-bond donors (Lipinski definition) is 3. The third kappa shape index (κ3) is 4.17. The number of urea groups is 1. The lowest BCUT2D eigenvalue weighted by Gasteiger charge is -2.39. The molecule has 120 valence electrons. The highest BCUT2D eigenvalue weighted by atomic mass is 16.6. The lowest BCUT2D eigenvalue weighted by Crippen LogP contribution is -2.53. The number of nitro groups is 1. The summed E-state index contributed by atoms with van der Waals surface area (Å²) in [5.74, 6) is 0. The molecular formula is C15H22N4O3. The van der Waals surface area contributed by atoms with Gasteiger partial charge in [-0.15, -0.1) is 0 Å². The molecule has 0 bridgehead atoms. The van der Waals surface area contributed by atoms with Crippen molar-refractivity contribution in [2.24, 2.45) is 5.41 Å². The highest BCUT2D eigenvalue weighted by molar-refractivity contribution is 5.89. The minimum absolute atomic E-state index is 0.000821. The molecule has 1 aromatic carbocycles. The summed E-state index contributed by atoms with van der Waals surface area (Å²) in [5.41, 5.74) is 0.678. The zero-order valence-corrected chi connectivity index (χ0v) is 12.9. The molecule has 1 aromatic rings. The van der Waals surface area contributed by atoms with Gasteiger partial charge in [-0.2, -0.15) is 0 Å². The molecule has 0 aliphatic carbocycles. The highest BCUT2D eigenvalue weighted by Gasteiger charge is 2.31. The van der Waals surface area contributed by atoms with E-state index in [0.29, 0.717) is 12.2 Å². The molecule has 2 rings (SSSR count). The summed E-state index contributed by atoms with van der Waals surface area (Å²) >= 11 is 0. The SMILES string of the molecule is CC1(C)CCCNC1CNC(=O)Nc1ccc([N+](=O)[O-])cc1. The number of anilines is 1. The zero-order valence-electron chi connectivity index (χ0n) is 12.9. The number of non-ortho nitro benzene ring substituents is 1. The highest BCUT2D eigenvalue weighted by Crippen LogP contribution is 2.29. The number of nitrogens with one attached hydrogen (secondary N) is 3. The first-order valence-electron chi connectivity index (χ1n) is 7.41. The van der Waals surface area contributed by atoms with Gasteiger partial charge in [-0.3, -0.25) is 10.1 Å². The molecule has 7 nitrogen and oxygen atoms in total. The minimum atomic E-state index is -0.472. The van der Waals surface area contributed by atoms with Crippen molar-refractivity contribution in [3.63, 3.8) is 0 Å². The van der Waals surface area contributed by atoms with Crippen LogP contribution in [0.5, 0.6) is 0 Å². The summed E-state index contributed by atoms with van der Waals surface area (Å²) < 4.78 is 0. The fourth-order valence-electron chi connectivity index (χ4n) is 2.66. The molecule has 0 spiro atoms. The van der Waals surface area contributed by atoms with E-state index in [1.165, 1.54) is 24.3 Å². The van der Waals surface area contributed by atoms with Crippen molar-refractivity contribution in [2.75, 3.05) is 18.4 Å². The molecule has 0 aromatic heterocycles. The summed E-state index contributed by atoms with van der Waals surface area (Å²) in [6.07, 6.45) is 2.29. The summed E-state index contributed by atoms with van der Waals surface area (Å²) in [4.78, 5) is 22.0. The van der Waals surface area contributed by atoms with E-state index in [-0.39, 0.29) is 23.2 Å². The Labute approximate surface area is 129 Å². The van der Waals surface area contributed by atoms with Crippen LogP contribution in [0, 0.1) is 15.5 Å². The first-order valence-corrected chi connectivity index (χ1v) is 7.41. The average Bonchev–Trinajstić information content (AvgIpc) is 2.46. The normalized spacial score (nSPS) is 20.2. The van der Waals surface area contributed by atoms with Crippen molar-refractivity contribution in [1.29, 1.82) is 0 Å². The molecular weight excluding hydrogens is 284 g/mol. The molecule has 1 saturated heterocycles. The summed E-state index contributed by atoms with van der Waals surface area (Å²) in [6.45, 7) is 5.91. The molecule has 1 heterocycles. The number of piperidine rings is 1. The van der Waals surface area contributed by atoms with Gasteiger partial charge in [0.25, 0.3) is 5.69 Å². The fraction of sp³-hybridized carbons (Fsp3) is 0.533. The Hall–Kier alpha value is -2.15. The van der Waals surface area contributed by atoms with E-state index in [0.717, 1.165) is 19.4 Å². The quantitative estimate of drug-likeness (QED) is 0.588. The second kappa shape index (κ2) is 6.74. The molecule has 2 amide bonds. The van der Waals surface area contributed by atoms with Gasteiger partial charge < -0.3 is 16.0 Å². The summed E-state index contributed by atoms with van der Waals surface area (Å²) in [5, 5.41) is 19.5. The van der Waals surface area contributed by atoms with Crippen molar-refractivity contribution in [1.82, 2.24) is 10.6 Å². The molecule has 7 heteroatoms. The predicted octanol–water partition coefficient (Wildman–Crippen LogP) is 2.49. The lowest BCUT2D eigenvalue weighted by atomic mass is 9.77. The predicted molar refractivity (Wildman–Crippen MR) is 84.9 cm³/mol. The molecule has 22 heavy (non-hydrogen) atoms. The number of rotatable bonds is 4. The summed E-state index contributed by atoms with van der Waals surface area (Å²) in [6, 6.07) is 5.69. The Kier molecular flexibility index (Phi) is 4.97. The van der Waals surface area contributed by atoms with E-state index in [2.05, 4.69) is 29.8 Å². The van der Waals surface area contributed by atoms with Crippen LogP contribution in [0.4, 0.5) is 16.2 Å². The Morgan fingerprint density at radius 1 is 1.41 bits per heavy atom. The van der Waals surface area contributed by atoms with Gasteiger partial charge in [0.2, 0.25) is 0 Å². The van der Waals surface area contributed by atoms with Gasteiger partial charge in [-0.05, 0) is 36.9 Å². The van der Waals surface area contributed by atoms with Crippen molar-refractivity contribution in [2.45, 2.75) is 32.7 Å². The maximum absolute atomic E-state index is 11.9. The number of hydrogen-bond acceptors (Lipinski definition) is 4.